The molecule has 0 radical (unpaired) electrons. The first kappa shape index (κ1) is 6.83. The molecule has 1 fully saturated rings. The van der Waals surface area contributed by atoms with Crippen molar-refractivity contribution in [3.05, 3.63) is 0 Å². The van der Waals surface area contributed by atoms with Crippen LogP contribution in [-0.4, -0.2) is 17.8 Å². The van der Waals surface area contributed by atoms with Gasteiger partial charge in [0.25, 0.3) is 5.91 Å². The van der Waals surface area contributed by atoms with Crippen LogP contribution < -0.4 is 5.32 Å². The lowest BCUT2D eigenvalue weighted by molar-refractivity contribution is -0.124. The molecular formula is C8H12N2O. The summed E-state index contributed by atoms with van der Waals surface area (Å²) in [5.74, 6) is 0.109. The van der Waals surface area contributed by atoms with Crippen LogP contribution in [-0.2, 0) is 4.79 Å². The largest absolute Gasteiger partial charge is 0.315 e. The van der Waals surface area contributed by atoms with Gasteiger partial charge in [0.2, 0.25) is 0 Å². The molecule has 1 aliphatic heterocycles. The molecule has 1 aliphatic carbocycles. The molecule has 0 atom stereocenters. The molecule has 2 rings (SSSR count). The summed E-state index contributed by atoms with van der Waals surface area (Å²) in [7, 11) is 0. The molecular weight excluding hydrogens is 140 g/mol. The van der Waals surface area contributed by atoms with Crippen molar-refractivity contribution in [3.63, 3.8) is 0 Å². The number of carbonyl (C=O) groups excluding carboxylic acids is 1. The number of nitrogens with zero attached hydrogens (tertiary/aromatic N) is 1. The predicted molar refractivity (Wildman–Crippen MR) is 42.5 cm³/mol. The van der Waals surface area contributed by atoms with Gasteiger partial charge in [-0.25, -0.2) is 0 Å². The Balaban J connectivity index is 2.18. The molecule has 0 unspecified atom stereocenters. The lowest BCUT2D eigenvalue weighted by atomic mass is 9.82. The van der Waals surface area contributed by atoms with Crippen molar-refractivity contribution in [2.24, 2.45) is 4.99 Å². The predicted octanol–water partition coefficient (Wildman–Crippen LogP) is 0.847. The smallest absolute Gasteiger partial charge is 0.253 e. The van der Waals surface area contributed by atoms with Crippen molar-refractivity contribution in [1.29, 1.82) is 0 Å². The second kappa shape index (κ2) is 2.32. The number of amides is 1. The van der Waals surface area contributed by atoms with Crippen LogP contribution in [0.15, 0.2) is 4.99 Å². The molecule has 1 spiro atoms. The Morgan fingerprint density at radius 1 is 1.36 bits per heavy atom. The molecule has 3 heteroatoms. The van der Waals surface area contributed by atoms with E-state index in [1.165, 1.54) is 6.42 Å². The molecule has 0 bridgehead atoms. The highest BCUT2D eigenvalue weighted by molar-refractivity contribution is 5.99. The fourth-order valence-corrected chi connectivity index (χ4v) is 1.90. The Morgan fingerprint density at radius 2 is 2.09 bits per heavy atom. The van der Waals surface area contributed by atoms with E-state index in [0.717, 1.165) is 25.7 Å². The Morgan fingerprint density at radius 3 is 2.64 bits per heavy atom. The van der Waals surface area contributed by atoms with Gasteiger partial charge in [0.1, 0.15) is 5.54 Å². The fourth-order valence-electron chi connectivity index (χ4n) is 1.90. The van der Waals surface area contributed by atoms with Crippen LogP contribution in [0.1, 0.15) is 32.1 Å². The third-order valence-electron chi connectivity index (χ3n) is 2.61. The number of aliphatic imine (C=N–C) groups is 1. The first-order valence-corrected chi connectivity index (χ1v) is 4.18. The monoisotopic (exact) mass is 152 g/mol. The van der Waals surface area contributed by atoms with Crippen molar-refractivity contribution in [2.45, 2.75) is 37.6 Å². The van der Waals surface area contributed by atoms with Crippen LogP contribution in [0, 0.1) is 0 Å². The van der Waals surface area contributed by atoms with Crippen molar-refractivity contribution in [2.75, 3.05) is 0 Å². The van der Waals surface area contributed by atoms with Crippen molar-refractivity contribution in [1.82, 2.24) is 5.32 Å². The first-order valence-electron chi connectivity index (χ1n) is 4.18. The third kappa shape index (κ3) is 0.951. The fraction of sp³-hybridized carbons (Fsp3) is 0.750. The molecule has 11 heavy (non-hydrogen) atoms. The second-order valence-corrected chi connectivity index (χ2v) is 3.32. The zero-order valence-corrected chi connectivity index (χ0v) is 6.47. The van der Waals surface area contributed by atoms with E-state index < -0.39 is 0 Å². The van der Waals surface area contributed by atoms with E-state index in [4.69, 9.17) is 0 Å². The normalized spacial score (nSPS) is 27.5. The Labute approximate surface area is 65.9 Å². The number of hydrogen-bond acceptors (Lipinski definition) is 2. The minimum Gasteiger partial charge on any atom is -0.315 e. The Kier molecular flexibility index (Phi) is 1.44. The quantitative estimate of drug-likeness (QED) is 0.549. The maximum absolute atomic E-state index is 11.3. The standard InChI is InChI=1S/C8H12N2O/c11-7-8(10-6-9-7)4-2-1-3-5-8/h6H,1-5H2,(H,9,10,11). The van der Waals surface area contributed by atoms with Crippen molar-refractivity contribution in [3.8, 4) is 0 Å². The summed E-state index contributed by atoms with van der Waals surface area (Å²) in [5.41, 5.74) is -0.349. The van der Waals surface area contributed by atoms with Gasteiger partial charge in [0, 0.05) is 0 Å². The summed E-state index contributed by atoms with van der Waals surface area (Å²) in [5, 5.41) is 2.65. The van der Waals surface area contributed by atoms with Crippen LogP contribution in [0.5, 0.6) is 0 Å². The molecule has 0 aromatic heterocycles. The highest BCUT2D eigenvalue weighted by atomic mass is 16.2. The molecule has 1 saturated carbocycles. The van der Waals surface area contributed by atoms with Crippen LogP contribution in [0.3, 0.4) is 0 Å². The van der Waals surface area contributed by atoms with Gasteiger partial charge in [0.15, 0.2) is 0 Å². The van der Waals surface area contributed by atoms with Gasteiger partial charge >= 0.3 is 0 Å². The van der Waals surface area contributed by atoms with Gasteiger partial charge in [-0.05, 0) is 12.8 Å². The van der Waals surface area contributed by atoms with Gasteiger partial charge in [0.05, 0.1) is 6.34 Å². The summed E-state index contributed by atoms with van der Waals surface area (Å²) >= 11 is 0. The summed E-state index contributed by atoms with van der Waals surface area (Å²) in [6.07, 6.45) is 6.97. The molecule has 1 amide bonds. The zero-order valence-electron chi connectivity index (χ0n) is 6.47. The van der Waals surface area contributed by atoms with Gasteiger partial charge in [-0.2, -0.15) is 0 Å². The lowest BCUT2D eigenvalue weighted by Crippen LogP contribution is -2.40. The van der Waals surface area contributed by atoms with Crippen LogP contribution >= 0.6 is 0 Å². The van der Waals surface area contributed by atoms with E-state index in [1.54, 1.807) is 6.34 Å². The number of rotatable bonds is 0. The van der Waals surface area contributed by atoms with E-state index in [9.17, 15) is 4.79 Å². The van der Waals surface area contributed by atoms with Crippen LogP contribution in [0.25, 0.3) is 0 Å². The molecule has 1 N–H and O–H groups in total. The summed E-state index contributed by atoms with van der Waals surface area (Å²) in [6, 6.07) is 0. The highest BCUT2D eigenvalue weighted by Gasteiger charge is 2.41. The van der Waals surface area contributed by atoms with Crippen LogP contribution in [0.4, 0.5) is 0 Å². The van der Waals surface area contributed by atoms with Crippen molar-refractivity contribution >= 4 is 12.2 Å². The minimum absolute atomic E-state index is 0.109. The van der Waals surface area contributed by atoms with E-state index in [-0.39, 0.29) is 11.4 Å². The van der Waals surface area contributed by atoms with Crippen molar-refractivity contribution < 1.29 is 4.79 Å². The first-order chi connectivity index (χ1) is 5.33. The Hall–Kier alpha value is -0.860. The number of carbonyl (C=O) groups is 1. The number of nitrogens with one attached hydrogen (secondary N) is 1. The summed E-state index contributed by atoms with van der Waals surface area (Å²) in [6.45, 7) is 0. The summed E-state index contributed by atoms with van der Waals surface area (Å²) < 4.78 is 0. The molecule has 0 aromatic rings. The van der Waals surface area contributed by atoms with E-state index in [1.807, 2.05) is 0 Å². The van der Waals surface area contributed by atoms with E-state index in [2.05, 4.69) is 10.3 Å². The van der Waals surface area contributed by atoms with Gasteiger partial charge in [-0.15, -0.1) is 0 Å². The molecule has 60 valence electrons. The van der Waals surface area contributed by atoms with Gasteiger partial charge in [-0.3, -0.25) is 9.79 Å². The highest BCUT2D eigenvalue weighted by Crippen LogP contribution is 2.33. The maximum atomic E-state index is 11.3. The molecule has 0 saturated heterocycles. The van der Waals surface area contributed by atoms with Gasteiger partial charge < -0.3 is 5.32 Å². The Bertz CT molecular complexity index is 204. The average molecular weight is 152 g/mol. The van der Waals surface area contributed by atoms with Crippen LogP contribution in [0.2, 0.25) is 0 Å². The second-order valence-electron chi connectivity index (χ2n) is 3.32. The van der Waals surface area contributed by atoms with E-state index >= 15 is 0 Å². The molecule has 2 aliphatic rings. The number of hydrogen-bond donors (Lipinski definition) is 1. The average Bonchev–Trinajstić information content (AvgIpc) is 2.36. The summed E-state index contributed by atoms with van der Waals surface area (Å²) in [4.78, 5) is 15.5. The van der Waals surface area contributed by atoms with Gasteiger partial charge in [-0.1, -0.05) is 19.3 Å². The lowest BCUT2D eigenvalue weighted by Gasteiger charge is -2.27. The zero-order chi connectivity index (χ0) is 7.73. The topological polar surface area (TPSA) is 41.5 Å². The van der Waals surface area contributed by atoms with E-state index in [0.29, 0.717) is 0 Å². The minimum atomic E-state index is -0.349. The maximum Gasteiger partial charge on any atom is 0.253 e. The molecule has 1 heterocycles. The SMILES string of the molecule is O=C1NC=NC12CCCCC2. The molecule has 3 nitrogen and oxygen atoms in total. The molecule has 0 aromatic carbocycles. The third-order valence-corrected chi connectivity index (χ3v) is 2.61.